The van der Waals surface area contributed by atoms with Crippen LogP contribution in [-0.2, 0) is 4.74 Å². The molecule has 0 spiro atoms. The summed E-state index contributed by atoms with van der Waals surface area (Å²) >= 11 is 1.47. The first-order valence-electron chi connectivity index (χ1n) is 6.09. The number of nitrogens with zero attached hydrogens (tertiary/aromatic N) is 1. The molecule has 1 aromatic rings. The van der Waals surface area contributed by atoms with Crippen molar-refractivity contribution < 1.29 is 9.53 Å². The zero-order chi connectivity index (χ0) is 12.3. The van der Waals surface area contributed by atoms with Gasteiger partial charge < -0.3 is 10.1 Å². The lowest BCUT2D eigenvalue weighted by Gasteiger charge is -2.17. The van der Waals surface area contributed by atoms with E-state index in [-0.39, 0.29) is 5.97 Å². The quantitative estimate of drug-likeness (QED) is 0.839. The van der Waals surface area contributed by atoms with Gasteiger partial charge >= 0.3 is 5.97 Å². The van der Waals surface area contributed by atoms with E-state index in [1.165, 1.54) is 30.6 Å². The van der Waals surface area contributed by atoms with E-state index in [4.69, 9.17) is 4.74 Å². The highest BCUT2D eigenvalue weighted by Crippen LogP contribution is 2.30. The van der Waals surface area contributed by atoms with Gasteiger partial charge in [-0.05, 0) is 25.7 Å². The smallest absolute Gasteiger partial charge is 0.360 e. The van der Waals surface area contributed by atoms with Gasteiger partial charge in [0, 0.05) is 6.04 Å². The monoisotopic (exact) mass is 254 g/mol. The third-order valence-corrected chi connectivity index (χ3v) is 3.97. The Bertz CT molecular complexity index is 392. The average Bonchev–Trinajstić information content (AvgIpc) is 2.90. The number of rotatable bonds is 4. The van der Waals surface area contributed by atoms with E-state index in [0.29, 0.717) is 24.3 Å². The molecule has 1 saturated carbocycles. The van der Waals surface area contributed by atoms with Crippen molar-refractivity contribution in [3.63, 3.8) is 0 Å². The summed E-state index contributed by atoms with van der Waals surface area (Å²) < 4.78 is 4.98. The predicted octanol–water partition coefficient (Wildman–Crippen LogP) is 2.92. The van der Waals surface area contributed by atoms with Crippen molar-refractivity contribution in [2.24, 2.45) is 5.92 Å². The van der Waals surface area contributed by atoms with Crippen molar-refractivity contribution in [1.29, 1.82) is 0 Å². The number of carbonyl (C=O) groups excluding carboxylic acids is 1. The van der Waals surface area contributed by atoms with E-state index in [1.54, 1.807) is 12.4 Å². The summed E-state index contributed by atoms with van der Waals surface area (Å²) in [5.74, 6) is 0.328. The van der Waals surface area contributed by atoms with Crippen molar-refractivity contribution in [1.82, 2.24) is 4.98 Å². The standard InChI is InChI=1S/C12H18N2O2S/c1-3-16-12(15)10-11(17-7-13-10)14-9-6-4-5-8(9)2/h7-9,14H,3-6H2,1-2H3. The maximum absolute atomic E-state index is 11.7. The Hall–Kier alpha value is -1.10. The van der Waals surface area contributed by atoms with Gasteiger partial charge in [-0.3, -0.25) is 0 Å². The molecular weight excluding hydrogens is 236 g/mol. The lowest BCUT2D eigenvalue weighted by molar-refractivity contribution is 0.0521. The average molecular weight is 254 g/mol. The highest BCUT2D eigenvalue weighted by molar-refractivity contribution is 7.14. The van der Waals surface area contributed by atoms with Gasteiger partial charge in [-0.25, -0.2) is 9.78 Å². The zero-order valence-electron chi connectivity index (χ0n) is 10.2. The summed E-state index contributed by atoms with van der Waals surface area (Å²) in [5.41, 5.74) is 2.12. The van der Waals surface area contributed by atoms with Crippen LogP contribution in [0.5, 0.6) is 0 Å². The summed E-state index contributed by atoms with van der Waals surface area (Å²) in [6, 6.07) is 0.462. The van der Waals surface area contributed by atoms with Gasteiger partial charge in [0.05, 0.1) is 12.1 Å². The summed E-state index contributed by atoms with van der Waals surface area (Å²) in [6.07, 6.45) is 3.68. The Labute approximate surface area is 105 Å². The number of aromatic nitrogens is 1. The van der Waals surface area contributed by atoms with Crippen molar-refractivity contribution in [2.45, 2.75) is 39.2 Å². The largest absolute Gasteiger partial charge is 0.461 e. The minimum Gasteiger partial charge on any atom is -0.461 e. The van der Waals surface area contributed by atoms with Crippen LogP contribution in [0.2, 0.25) is 0 Å². The third-order valence-electron chi connectivity index (χ3n) is 3.21. The van der Waals surface area contributed by atoms with Crippen molar-refractivity contribution in [3.05, 3.63) is 11.2 Å². The van der Waals surface area contributed by atoms with Crippen molar-refractivity contribution >= 4 is 22.3 Å². The predicted molar refractivity (Wildman–Crippen MR) is 68.5 cm³/mol. The first-order chi connectivity index (χ1) is 8.22. The lowest BCUT2D eigenvalue weighted by atomic mass is 10.1. The van der Waals surface area contributed by atoms with Crippen molar-refractivity contribution in [3.8, 4) is 0 Å². The van der Waals surface area contributed by atoms with Gasteiger partial charge in [0.2, 0.25) is 0 Å². The summed E-state index contributed by atoms with van der Waals surface area (Å²) in [6.45, 7) is 4.43. The molecule has 1 heterocycles. The second-order valence-corrected chi connectivity index (χ2v) is 5.26. The summed E-state index contributed by atoms with van der Waals surface area (Å²) in [4.78, 5) is 15.7. The Kier molecular flexibility index (Phi) is 3.99. The molecule has 2 unspecified atom stereocenters. The minimum atomic E-state index is -0.332. The zero-order valence-corrected chi connectivity index (χ0v) is 11.0. The molecule has 1 aliphatic rings. The molecule has 1 N–H and O–H groups in total. The molecule has 94 valence electrons. The maximum Gasteiger partial charge on any atom is 0.360 e. The Morgan fingerprint density at radius 2 is 2.47 bits per heavy atom. The number of carbonyl (C=O) groups is 1. The molecular formula is C12H18N2O2S. The second kappa shape index (κ2) is 5.49. The number of ether oxygens (including phenoxy) is 1. The van der Waals surface area contributed by atoms with E-state index in [0.717, 1.165) is 5.00 Å². The maximum atomic E-state index is 11.7. The van der Waals surface area contributed by atoms with Crippen LogP contribution in [0, 0.1) is 5.92 Å². The van der Waals surface area contributed by atoms with E-state index in [2.05, 4.69) is 17.2 Å². The van der Waals surface area contributed by atoms with Gasteiger partial charge in [0.25, 0.3) is 0 Å². The van der Waals surface area contributed by atoms with Crippen molar-refractivity contribution in [2.75, 3.05) is 11.9 Å². The van der Waals surface area contributed by atoms with E-state index in [9.17, 15) is 4.79 Å². The van der Waals surface area contributed by atoms with E-state index < -0.39 is 0 Å². The molecule has 0 saturated heterocycles. The number of esters is 1. The van der Waals surface area contributed by atoms with Gasteiger partial charge in [0.15, 0.2) is 5.69 Å². The van der Waals surface area contributed by atoms with Crippen LogP contribution >= 0.6 is 11.3 Å². The fourth-order valence-corrected chi connectivity index (χ4v) is 2.95. The molecule has 1 fully saturated rings. The number of nitrogens with one attached hydrogen (secondary N) is 1. The number of hydrogen-bond acceptors (Lipinski definition) is 5. The molecule has 17 heavy (non-hydrogen) atoms. The molecule has 1 aromatic heterocycles. The Morgan fingerprint density at radius 1 is 1.65 bits per heavy atom. The minimum absolute atomic E-state index is 0.332. The van der Waals surface area contributed by atoms with E-state index >= 15 is 0 Å². The first kappa shape index (κ1) is 12.4. The van der Waals surface area contributed by atoms with Crippen LogP contribution in [-0.4, -0.2) is 23.6 Å². The molecule has 1 aliphatic carbocycles. The Morgan fingerprint density at radius 3 is 3.12 bits per heavy atom. The molecule has 0 bridgehead atoms. The fraction of sp³-hybridized carbons (Fsp3) is 0.667. The molecule has 4 nitrogen and oxygen atoms in total. The Balaban J connectivity index is 2.06. The third kappa shape index (κ3) is 2.77. The number of anilines is 1. The first-order valence-corrected chi connectivity index (χ1v) is 6.97. The topological polar surface area (TPSA) is 51.2 Å². The summed E-state index contributed by atoms with van der Waals surface area (Å²) in [5, 5.41) is 4.28. The normalized spacial score (nSPS) is 23.6. The highest BCUT2D eigenvalue weighted by Gasteiger charge is 2.26. The number of hydrogen-bond donors (Lipinski definition) is 1. The van der Waals surface area contributed by atoms with Gasteiger partial charge in [0.1, 0.15) is 5.00 Å². The van der Waals surface area contributed by atoms with Crippen LogP contribution in [0.4, 0.5) is 5.00 Å². The van der Waals surface area contributed by atoms with Crippen LogP contribution in [0.15, 0.2) is 5.51 Å². The summed E-state index contributed by atoms with van der Waals surface area (Å²) in [7, 11) is 0. The molecule has 0 radical (unpaired) electrons. The SMILES string of the molecule is CCOC(=O)c1ncsc1NC1CCCC1C. The van der Waals surface area contributed by atoms with Crippen LogP contribution in [0.3, 0.4) is 0 Å². The molecule has 0 aliphatic heterocycles. The molecule has 0 amide bonds. The fourth-order valence-electron chi connectivity index (χ4n) is 2.22. The van der Waals surface area contributed by atoms with Gasteiger partial charge in [-0.2, -0.15) is 0 Å². The second-order valence-electron chi connectivity index (χ2n) is 4.41. The van der Waals surface area contributed by atoms with E-state index in [1.807, 2.05) is 0 Å². The highest BCUT2D eigenvalue weighted by atomic mass is 32.1. The lowest BCUT2D eigenvalue weighted by Crippen LogP contribution is -2.22. The molecule has 5 heteroatoms. The van der Waals surface area contributed by atoms with Gasteiger partial charge in [-0.1, -0.05) is 13.3 Å². The van der Waals surface area contributed by atoms with Crippen LogP contribution in [0.25, 0.3) is 0 Å². The van der Waals surface area contributed by atoms with Crippen LogP contribution in [0.1, 0.15) is 43.6 Å². The number of thiazole rings is 1. The molecule has 2 rings (SSSR count). The van der Waals surface area contributed by atoms with Crippen LogP contribution < -0.4 is 5.32 Å². The van der Waals surface area contributed by atoms with Gasteiger partial charge in [-0.15, -0.1) is 11.3 Å². The molecule has 0 aromatic carbocycles. The molecule has 2 atom stereocenters.